The van der Waals surface area contributed by atoms with Gasteiger partial charge >= 0.3 is 0 Å². The van der Waals surface area contributed by atoms with Crippen molar-refractivity contribution >= 4 is 0 Å². The fourth-order valence-electron chi connectivity index (χ4n) is 1.38. The van der Waals surface area contributed by atoms with Gasteiger partial charge in [0.1, 0.15) is 17.2 Å². The zero-order chi connectivity index (χ0) is 11.4. The molecule has 3 heteroatoms. The van der Waals surface area contributed by atoms with Gasteiger partial charge in [-0.3, -0.25) is 0 Å². The van der Waals surface area contributed by atoms with E-state index in [1.807, 2.05) is 30.3 Å². The maximum absolute atomic E-state index is 9.35. The van der Waals surface area contributed by atoms with Crippen molar-refractivity contribution in [3.63, 3.8) is 0 Å². The van der Waals surface area contributed by atoms with Crippen molar-refractivity contribution < 1.29 is 14.9 Å². The first kappa shape index (κ1) is 10.5. The molecule has 0 aliphatic carbocycles. The molecular weight excluding hydrogens is 204 g/mol. The molecule has 0 bridgehead atoms. The zero-order valence-corrected chi connectivity index (χ0v) is 8.63. The average Bonchev–Trinajstić information content (AvgIpc) is 2.31. The summed E-state index contributed by atoms with van der Waals surface area (Å²) in [5.41, 5.74) is 0.640. The van der Waals surface area contributed by atoms with E-state index in [-0.39, 0.29) is 12.4 Å². The Hall–Kier alpha value is -2.00. The second-order valence-electron chi connectivity index (χ2n) is 3.37. The second kappa shape index (κ2) is 4.68. The highest BCUT2D eigenvalue weighted by atomic mass is 16.5. The van der Waals surface area contributed by atoms with Crippen LogP contribution in [0, 0.1) is 0 Å². The van der Waals surface area contributed by atoms with E-state index in [0.29, 0.717) is 17.1 Å². The van der Waals surface area contributed by atoms with Gasteiger partial charge in [0.15, 0.2) is 0 Å². The summed E-state index contributed by atoms with van der Waals surface area (Å²) in [5.74, 6) is 1.25. The summed E-state index contributed by atoms with van der Waals surface area (Å²) in [7, 11) is 0. The third-order valence-electron chi connectivity index (χ3n) is 2.19. The Morgan fingerprint density at radius 1 is 1.00 bits per heavy atom. The van der Waals surface area contributed by atoms with Crippen LogP contribution in [0.1, 0.15) is 5.56 Å². The van der Waals surface area contributed by atoms with Gasteiger partial charge < -0.3 is 14.9 Å². The van der Waals surface area contributed by atoms with Crippen LogP contribution >= 0.6 is 0 Å². The van der Waals surface area contributed by atoms with Gasteiger partial charge in [-0.25, -0.2) is 0 Å². The number of phenols is 1. The monoisotopic (exact) mass is 216 g/mol. The predicted octanol–water partition coefficient (Wildman–Crippen LogP) is 2.68. The van der Waals surface area contributed by atoms with Crippen molar-refractivity contribution in [2.75, 3.05) is 0 Å². The number of benzene rings is 2. The molecule has 2 aromatic rings. The Bertz CT molecular complexity index is 466. The minimum absolute atomic E-state index is 0.114. The molecule has 0 radical (unpaired) electrons. The minimum atomic E-state index is -0.123. The molecule has 0 saturated heterocycles. The van der Waals surface area contributed by atoms with E-state index in [1.165, 1.54) is 12.1 Å². The van der Waals surface area contributed by atoms with Crippen molar-refractivity contribution in [1.82, 2.24) is 0 Å². The van der Waals surface area contributed by atoms with Crippen LogP contribution in [0.5, 0.6) is 17.2 Å². The van der Waals surface area contributed by atoms with Crippen LogP contribution < -0.4 is 4.74 Å². The number of aliphatic hydroxyl groups is 1. The number of aromatic hydroxyl groups is 1. The Balaban J connectivity index is 2.30. The number of hydrogen-bond acceptors (Lipinski definition) is 3. The van der Waals surface area contributed by atoms with Gasteiger partial charge in [0, 0.05) is 11.6 Å². The largest absolute Gasteiger partial charge is 0.508 e. The Morgan fingerprint density at radius 3 is 2.44 bits per heavy atom. The van der Waals surface area contributed by atoms with Gasteiger partial charge in [0.25, 0.3) is 0 Å². The maximum atomic E-state index is 9.35. The van der Waals surface area contributed by atoms with Crippen LogP contribution in [0.4, 0.5) is 0 Å². The molecule has 2 N–H and O–H groups in total. The number of aliphatic hydroxyl groups excluding tert-OH is 1. The normalized spacial score (nSPS) is 10.1. The van der Waals surface area contributed by atoms with Crippen LogP contribution in [0.2, 0.25) is 0 Å². The van der Waals surface area contributed by atoms with Gasteiger partial charge in [0.2, 0.25) is 0 Å². The molecule has 0 unspecified atom stereocenters. The number of para-hydroxylation sites is 1. The van der Waals surface area contributed by atoms with Gasteiger partial charge in [0.05, 0.1) is 6.61 Å². The van der Waals surface area contributed by atoms with E-state index in [1.54, 1.807) is 6.07 Å². The molecule has 82 valence electrons. The van der Waals surface area contributed by atoms with E-state index < -0.39 is 0 Å². The maximum Gasteiger partial charge on any atom is 0.136 e. The van der Waals surface area contributed by atoms with E-state index in [0.717, 1.165) is 0 Å². The highest BCUT2D eigenvalue weighted by molar-refractivity contribution is 5.42. The fraction of sp³-hybridized carbons (Fsp3) is 0.0769. The summed E-state index contributed by atoms with van der Waals surface area (Å²) in [6.45, 7) is -0.123. The molecule has 16 heavy (non-hydrogen) atoms. The summed E-state index contributed by atoms with van der Waals surface area (Å²) in [5, 5.41) is 18.5. The van der Waals surface area contributed by atoms with Crippen LogP contribution in [-0.4, -0.2) is 10.2 Å². The number of phenolic OH excluding ortho intramolecular Hbond substituents is 1. The van der Waals surface area contributed by atoms with Crippen LogP contribution in [0.25, 0.3) is 0 Å². The molecule has 0 aliphatic heterocycles. The standard InChI is InChI=1S/C13H12O3/c14-9-10-6-7-11(15)8-13(10)16-12-4-2-1-3-5-12/h1-8,14-15H,9H2. The van der Waals surface area contributed by atoms with Crippen LogP contribution in [-0.2, 0) is 6.61 Å². The molecule has 2 aromatic carbocycles. The molecule has 0 aliphatic rings. The Kier molecular flexibility index (Phi) is 3.08. The molecular formula is C13H12O3. The van der Waals surface area contributed by atoms with E-state index in [4.69, 9.17) is 9.84 Å². The van der Waals surface area contributed by atoms with Crippen molar-refractivity contribution in [3.05, 3.63) is 54.1 Å². The lowest BCUT2D eigenvalue weighted by Crippen LogP contribution is -1.91. The molecule has 0 spiro atoms. The molecule has 0 aromatic heterocycles. The van der Waals surface area contributed by atoms with Crippen LogP contribution in [0.3, 0.4) is 0 Å². The summed E-state index contributed by atoms with van der Waals surface area (Å²) in [6.07, 6.45) is 0. The molecule has 2 rings (SSSR count). The smallest absolute Gasteiger partial charge is 0.136 e. The van der Waals surface area contributed by atoms with E-state index >= 15 is 0 Å². The van der Waals surface area contributed by atoms with Gasteiger partial charge in [-0.1, -0.05) is 18.2 Å². The van der Waals surface area contributed by atoms with Crippen molar-refractivity contribution in [3.8, 4) is 17.2 Å². The first-order chi connectivity index (χ1) is 7.79. The van der Waals surface area contributed by atoms with Gasteiger partial charge in [-0.2, -0.15) is 0 Å². The van der Waals surface area contributed by atoms with Gasteiger partial charge in [-0.15, -0.1) is 0 Å². The summed E-state index contributed by atoms with van der Waals surface area (Å²) >= 11 is 0. The topological polar surface area (TPSA) is 49.7 Å². The lowest BCUT2D eigenvalue weighted by atomic mass is 10.2. The number of hydrogen-bond donors (Lipinski definition) is 2. The SMILES string of the molecule is OCc1ccc(O)cc1Oc1ccccc1. The molecule has 3 nitrogen and oxygen atoms in total. The lowest BCUT2D eigenvalue weighted by Gasteiger charge is -2.09. The molecule has 0 amide bonds. The quantitative estimate of drug-likeness (QED) is 0.829. The fourth-order valence-corrected chi connectivity index (χ4v) is 1.38. The third kappa shape index (κ3) is 2.32. The Morgan fingerprint density at radius 2 is 1.75 bits per heavy atom. The van der Waals surface area contributed by atoms with Crippen molar-refractivity contribution in [2.45, 2.75) is 6.61 Å². The zero-order valence-electron chi connectivity index (χ0n) is 8.63. The highest BCUT2D eigenvalue weighted by Crippen LogP contribution is 2.28. The lowest BCUT2D eigenvalue weighted by molar-refractivity contribution is 0.276. The second-order valence-corrected chi connectivity index (χ2v) is 3.37. The summed E-state index contributed by atoms with van der Waals surface area (Å²) in [6, 6.07) is 13.9. The first-order valence-corrected chi connectivity index (χ1v) is 4.95. The number of ether oxygens (including phenoxy) is 1. The summed E-state index contributed by atoms with van der Waals surface area (Å²) < 4.78 is 5.56. The predicted molar refractivity (Wildman–Crippen MR) is 60.5 cm³/mol. The van der Waals surface area contributed by atoms with Crippen molar-refractivity contribution in [1.29, 1.82) is 0 Å². The molecule has 0 heterocycles. The van der Waals surface area contributed by atoms with Crippen molar-refractivity contribution in [2.24, 2.45) is 0 Å². The highest BCUT2D eigenvalue weighted by Gasteiger charge is 2.05. The summed E-state index contributed by atoms with van der Waals surface area (Å²) in [4.78, 5) is 0. The number of rotatable bonds is 3. The minimum Gasteiger partial charge on any atom is -0.508 e. The first-order valence-electron chi connectivity index (χ1n) is 4.95. The molecule has 0 fully saturated rings. The molecule has 0 atom stereocenters. The molecule has 0 saturated carbocycles. The van der Waals surface area contributed by atoms with E-state index in [9.17, 15) is 5.11 Å². The van der Waals surface area contributed by atoms with Crippen LogP contribution in [0.15, 0.2) is 48.5 Å². The third-order valence-corrected chi connectivity index (χ3v) is 2.19. The Labute approximate surface area is 93.6 Å². The van der Waals surface area contributed by atoms with E-state index in [2.05, 4.69) is 0 Å². The van der Waals surface area contributed by atoms with Gasteiger partial charge in [-0.05, 0) is 24.3 Å². The average molecular weight is 216 g/mol.